The Morgan fingerprint density at radius 1 is 1.18 bits per heavy atom. The van der Waals surface area contributed by atoms with Crippen molar-refractivity contribution in [2.24, 2.45) is 22.6 Å². The number of hydrogen-bond donors (Lipinski definition) is 1. The first-order valence-electron chi connectivity index (χ1n) is 9.95. The van der Waals surface area contributed by atoms with Gasteiger partial charge in [0, 0.05) is 23.8 Å². The van der Waals surface area contributed by atoms with Crippen LogP contribution in [-0.4, -0.2) is 40.3 Å². The van der Waals surface area contributed by atoms with Gasteiger partial charge >= 0.3 is 12.4 Å². The summed E-state index contributed by atoms with van der Waals surface area (Å²) in [6.45, 7) is -0.519. The van der Waals surface area contributed by atoms with Crippen molar-refractivity contribution in [2.45, 2.75) is 30.4 Å². The second-order valence-electron chi connectivity index (χ2n) is 8.10. The first-order chi connectivity index (χ1) is 15.8. The number of nitrogens with zero attached hydrogens (tertiary/aromatic N) is 2. The monoisotopic (exact) mass is 511 g/mol. The fraction of sp³-hybridized carbons (Fsp3) is 0.429. The van der Waals surface area contributed by atoms with Gasteiger partial charge in [0.1, 0.15) is 17.2 Å². The SMILES string of the molecule is NC1=N[C@@]2(C3CC(/C=C(\F)c4ccc(C(F)(F)F)cn4)=CC=C3F)CO[C@H](C(F)(F)F)[C@H]2CS1. The fourth-order valence-corrected chi connectivity index (χ4v) is 5.44. The minimum Gasteiger partial charge on any atom is -0.379 e. The van der Waals surface area contributed by atoms with Crippen LogP contribution in [0.15, 0.2) is 53.0 Å². The number of fused-ring (bicyclic) bond motifs is 1. The van der Waals surface area contributed by atoms with Crippen molar-refractivity contribution in [1.29, 1.82) is 0 Å². The molecule has 184 valence electrons. The standard InChI is InChI=1S/C21H17F8N3OS/c22-14-3-1-10(6-15(23)16-4-2-11(7-31-16)20(24,25)26)5-12(14)19-9-33-17(21(27,28)29)13(19)8-34-18(30)32-19/h1-4,6-7,12-13,17H,5,8-9H2,(H2,30,32)/b15-6-/t12?,13-,17+,19-/m1/s1. The molecule has 0 amide bonds. The minimum absolute atomic E-state index is 0.00209. The molecule has 2 aliphatic heterocycles. The van der Waals surface area contributed by atoms with Crippen molar-refractivity contribution in [3.05, 3.63) is 59.2 Å². The van der Waals surface area contributed by atoms with Crippen LogP contribution >= 0.6 is 11.8 Å². The summed E-state index contributed by atoms with van der Waals surface area (Å²) in [5.74, 6) is -4.22. The van der Waals surface area contributed by atoms with Gasteiger partial charge in [-0.15, -0.1) is 0 Å². The van der Waals surface area contributed by atoms with E-state index in [4.69, 9.17) is 10.5 Å². The number of aromatic nitrogens is 1. The van der Waals surface area contributed by atoms with Crippen molar-refractivity contribution in [1.82, 2.24) is 4.98 Å². The van der Waals surface area contributed by atoms with E-state index in [1.165, 1.54) is 6.08 Å². The number of amidine groups is 1. The van der Waals surface area contributed by atoms with Gasteiger partial charge in [0.2, 0.25) is 0 Å². The Morgan fingerprint density at radius 2 is 1.91 bits per heavy atom. The minimum atomic E-state index is -4.69. The highest BCUT2D eigenvalue weighted by atomic mass is 32.2. The quantitative estimate of drug-likeness (QED) is 0.538. The number of hydrogen-bond acceptors (Lipinski definition) is 5. The molecular weight excluding hydrogens is 494 g/mol. The highest BCUT2D eigenvalue weighted by Gasteiger charge is 2.63. The fourth-order valence-electron chi connectivity index (χ4n) is 4.39. The lowest BCUT2D eigenvalue weighted by Crippen LogP contribution is -2.52. The molecule has 0 saturated carbocycles. The second-order valence-corrected chi connectivity index (χ2v) is 9.14. The molecule has 4 rings (SSSR count). The molecule has 0 radical (unpaired) electrons. The van der Waals surface area contributed by atoms with Gasteiger partial charge in [-0.25, -0.2) is 8.78 Å². The maximum absolute atomic E-state index is 14.9. The number of aliphatic imine (C=N–C) groups is 1. The summed E-state index contributed by atoms with van der Waals surface area (Å²) in [6.07, 6.45) is -8.02. The van der Waals surface area contributed by atoms with Gasteiger partial charge in [-0.2, -0.15) is 26.3 Å². The molecule has 1 saturated heterocycles. The van der Waals surface area contributed by atoms with Crippen LogP contribution in [0.2, 0.25) is 0 Å². The number of alkyl halides is 6. The normalized spacial score (nSPS) is 30.4. The van der Waals surface area contributed by atoms with Crippen molar-refractivity contribution >= 4 is 22.8 Å². The van der Waals surface area contributed by atoms with E-state index in [9.17, 15) is 35.1 Å². The maximum Gasteiger partial charge on any atom is 0.417 e. The Labute approximate surface area is 192 Å². The largest absolute Gasteiger partial charge is 0.417 e. The van der Waals surface area contributed by atoms with Crippen LogP contribution in [0.5, 0.6) is 0 Å². The smallest absolute Gasteiger partial charge is 0.379 e. The van der Waals surface area contributed by atoms with Crippen molar-refractivity contribution in [2.75, 3.05) is 12.4 Å². The van der Waals surface area contributed by atoms with Crippen LogP contribution in [0.25, 0.3) is 5.83 Å². The maximum atomic E-state index is 14.9. The third-order valence-electron chi connectivity index (χ3n) is 6.03. The highest BCUT2D eigenvalue weighted by Crippen LogP contribution is 2.53. The molecule has 3 aliphatic rings. The van der Waals surface area contributed by atoms with Crippen LogP contribution in [0.1, 0.15) is 17.7 Å². The topological polar surface area (TPSA) is 60.5 Å². The zero-order chi connectivity index (χ0) is 24.9. The average molecular weight is 511 g/mol. The summed E-state index contributed by atoms with van der Waals surface area (Å²) >= 11 is 0.921. The van der Waals surface area contributed by atoms with Crippen LogP contribution in [0, 0.1) is 11.8 Å². The van der Waals surface area contributed by atoms with E-state index >= 15 is 0 Å². The first-order valence-corrected chi connectivity index (χ1v) is 10.9. The van der Waals surface area contributed by atoms with Gasteiger partial charge < -0.3 is 10.5 Å². The van der Waals surface area contributed by atoms with Crippen LogP contribution in [-0.2, 0) is 10.9 Å². The van der Waals surface area contributed by atoms with Crippen molar-refractivity contribution < 1.29 is 39.9 Å². The molecule has 3 heterocycles. The van der Waals surface area contributed by atoms with Gasteiger partial charge in [-0.05, 0) is 36.3 Å². The van der Waals surface area contributed by atoms with Gasteiger partial charge in [-0.1, -0.05) is 17.8 Å². The van der Waals surface area contributed by atoms with Crippen LogP contribution < -0.4 is 5.73 Å². The molecule has 2 N–H and O–H groups in total. The number of nitrogens with two attached hydrogens (primary N) is 1. The van der Waals surface area contributed by atoms with E-state index in [0.29, 0.717) is 12.3 Å². The van der Waals surface area contributed by atoms with Gasteiger partial charge in [0.25, 0.3) is 0 Å². The van der Waals surface area contributed by atoms with E-state index < -0.39 is 59.7 Å². The molecule has 1 aromatic rings. The lowest BCUT2D eigenvalue weighted by molar-refractivity contribution is -0.215. The number of rotatable bonds is 3. The van der Waals surface area contributed by atoms with E-state index in [1.807, 2.05) is 0 Å². The van der Waals surface area contributed by atoms with Crippen molar-refractivity contribution in [3.8, 4) is 0 Å². The molecular formula is C21H17F8N3OS. The van der Waals surface area contributed by atoms with Crippen molar-refractivity contribution in [3.63, 3.8) is 0 Å². The van der Waals surface area contributed by atoms with Gasteiger partial charge in [0.05, 0.1) is 17.9 Å². The zero-order valence-corrected chi connectivity index (χ0v) is 17.9. The summed E-state index contributed by atoms with van der Waals surface area (Å²) < 4.78 is 113. The molecule has 1 unspecified atom stereocenters. The Morgan fingerprint density at radius 3 is 2.53 bits per heavy atom. The highest BCUT2D eigenvalue weighted by molar-refractivity contribution is 8.13. The second kappa shape index (κ2) is 8.67. The summed E-state index contributed by atoms with van der Waals surface area (Å²) in [7, 11) is 0. The lowest BCUT2D eigenvalue weighted by atomic mass is 9.70. The van der Waals surface area contributed by atoms with Gasteiger partial charge in [0.15, 0.2) is 11.3 Å². The summed E-state index contributed by atoms with van der Waals surface area (Å²) in [5, 5.41) is 0.00209. The third kappa shape index (κ3) is 4.59. The number of pyridine rings is 1. The Balaban J connectivity index is 1.62. The number of ether oxygens (including phenoxy) is 1. The summed E-state index contributed by atoms with van der Waals surface area (Å²) in [6, 6.07) is 1.52. The Hall–Kier alpha value is -2.41. The summed E-state index contributed by atoms with van der Waals surface area (Å²) in [4.78, 5) is 7.68. The molecule has 13 heteroatoms. The predicted molar refractivity (Wildman–Crippen MR) is 110 cm³/mol. The molecule has 4 atom stereocenters. The number of allylic oxidation sites excluding steroid dienone is 4. The molecule has 34 heavy (non-hydrogen) atoms. The Bertz CT molecular complexity index is 1080. The van der Waals surface area contributed by atoms with Gasteiger partial charge in [-0.3, -0.25) is 9.98 Å². The van der Waals surface area contributed by atoms with E-state index in [-0.39, 0.29) is 28.6 Å². The number of thioether (sulfide) groups is 1. The molecule has 1 fully saturated rings. The van der Waals surface area contributed by atoms with Crippen LogP contribution in [0.4, 0.5) is 35.1 Å². The van der Waals surface area contributed by atoms with Crippen LogP contribution in [0.3, 0.4) is 0 Å². The first kappa shape index (κ1) is 24.7. The van der Waals surface area contributed by atoms with E-state index in [2.05, 4.69) is 9.98 Å². The predicted octanol–water partition coefficient (Wildman–Crippen LogP) is 5.59. The third-order valence-corrected chi connectivity index (χ3v) is 6.95. The summed E-state index contributed by atoms with van der Waals surface area (Å²) in [5.41, 5.74) is 2.91. The average Bonchev–Trinajstić information content (AvgIpc) is 3.14. The van der Waals surface area contributed by atoms with E-state index in [1.54, 1.807) is 0 Å². The Kier molecular flexibility index (Phi) is 6.30. The lowest BCUT2D eigenvalue weighted by Gasteiger charge is -2.41. The molecule has 1 aliphatic carbocycles. The molecule has 1 aromatic heterocycles. The zero-order valence-electron chi connectivity index (χ0n) is 17.1. The molecule has 4 nitrogen and oxygen atoms in total. The molecule has 0 spiro atoms. The molecule has 0 bridgehead atoms. The van der Waals surface area contributed by atoms with E-state index in [0.717, 1.165) is 30.0 Å². The number of halogens is 8. The molecule has 0 aromatic carbocycles.